The van der Waals surface area contributed by atoms with Crippen molar-refractivity contribution in [1.29, 1.82) is 0 Å². The Morgan fingerprint density at radius 1 is 1.11 bits per heavy atom. The number of aliphatic carboxylic acids is 1. The first kappa shape index (κ1) is 16.9. The molecule has 0 bridgehead atoms. The Morgan fingerprint density at radius 3 is 2.17 bits per heavy atom. The van der Waals surface area contributed by atoms with E-state index in [-0.39, 0.29) is 24.9 Å². The van der Waals surface area contributed by atoms with Gasteiger partial charge in [0.25, 0.3) is 0 Å². The van der Waals surface area contributed by atoms with E-state index in [1.54, 1.807) is 0 Å². The molecule has 1 fully saturated rings. The SMILES string of the molecule is CCC.O=C(O)CCCC(=O)OC1CCCCC1. The van der Waals surface area contributed by atoms with Gasteiger partial charge in [-0.2, -0.15) is 0 Å². The van der Waals surface area contributed by atoms with Crippen LogP contribution in [0.3, 0.4) is 0 Å². The average Bonchev–Trinajstić information content (AvgIpc) is 2.30. The van der Waals surface area contributed by atoms with Crippen LogP contribution >= 0.6 is 0 Å². The summed E-state index contributed by atoms with van der Waals surface area (Å²) in [4.78, 5) is 21.5. The Morgan fingerprint density at radius 2 is 1.67 bits per heavy atom. The molecule has 4 nitrogen and oxygen atoms in total. The lowest BCUT2D eigenvalue weighted by Gasteiger charge is -2.21. The predicted octanol–water partition coefficient (Wildman–Crippen LogP) is 3.53. The van der Waals surface area contributed by atoms with Crippen LogP contribution in [0.2, 0.25) is 0 Å². The molecule has 0 amide bonds. The van der Waals surface area contributed by atoms with Crippen LogP contribution < -0.4 is 0 Å². The van der Waals surface area contributed by atoms with Crippen LogP contribution in [0.1, 0.15) is 71.6 Å². The molecule has 1 saturated carbocycles. The van der Waals surface area contributed by atoms with Crippen molar-refractivity contribution in [2.75, 3.05) is 0 Å². The van der Waals surface area contributed by atoms with Crippen LogP contribution in [-0.2, 0) is 14.3 Å². The Kier molecular flexibility index (Phi) is 10.4. The third kappa shape index (κ3) is 10.1. The molecule has 1 aliphatic carbocycles. The van der Waals surface area contributed by atoms with E-state index in [1.165, 1.54) is 12.8 Å². The average molecular weight is 258 g/mol. The van der Waals surface area contributed by atoms with Crippen molar-refractivity contribution < 1.29 is 19.4 Å². The number of carboxylic acids is 1. The van der Waals surface area contributed by atoms with Crippen molar-refractivity contribution in [2.24, 2.45) is 0 Å². The summed E-state index contributed by atoms with van der Waals surface area (Å²) in [5.74, 6) is -1.11. The maximum Gasteiger partial charge on any atom is 0.306 e. The van der Waals surface area contributed by atoms with Crippen LogP contribution in [0.4, 0.5) is 0 Å². The van der Waals surface area contributed by atoms with Crippen molar-refractivity contribution in [3.05, 3.63) is 0 Å². The van der Waals surface area contributed by atoms with Crippen LogP contribution in [0.5, 0.6) is 0 Å². The number of rotatable bonds is 5. The zero-order valence-corrected chi connectivity index (χ0v) is 11.6. The highest BCUT2D eigenvalue weighted by atomic mass is 16.5. The monoisotopic (exact) mass is 258 g/mol. The predicted molar refractivity (Wildman–Crippen MR) is 70.4 cm³/mol. The molecule has 0 heterocycles. The topological polar surface area (TPSA) is 63.6 Å². The van der Waals surface area contributed by atoms with Gasteiger partial charge in [0.2, 0.25) is 0 Å². The minimum absolute atomic E-state index is 0.0414. The van der Waals surface area contributed by atoms with E-state index >= 15 is 0 Å². The van der Waals surface area contributed by atoms with Gasteiger partial charge in [-0.3, -0.25) is 9.59 Å². The molecule has 0 radical (unpaired) electrons. The quantitative estimate of drug-likeness (QED) is 0.766. The molecule has 18 heavy (non-hydrogen) atoms. The Hall–Kier alpha value is -1.06. The molecule has 0 unspecified atom stereocenters. The summed E-state index contributed by atoms with van der Waals surface area (Å²) in [5.41, 5.74) is 0. The van der Waals surface area contributed by atoms with Gasteiger partial charge in [-0.05, 0) is 32.1 Å². The maximum absolute atomic E-state index is 11.3. The summed E-state index contributed by atoms with van der Waals surface area (Å²) < 4.78 is 5.24. The van der Waals surface area contributed by atoms with Gasteiger partial charge in [0, 0.05) is 12.8 Å². The minimum atomic E-state index is -0.861. The van der Waals surface area contributed by atoms with Gasteiger partial charge in [-0.1, -0.05) is 26.7 Å². The second kappa shape index (κ2) is 11.1. The first-order valence-corrected chi connectivity index (χ1v) is 7.01. The van der Waals surface area contributed by atoms with Crippen molar-refractivity contribution in [3.8, 4) is 0 Å². The summed E-state index contributed by atoms with van der Waals surface area (Å²) in [6.45, 7) is 4.25. The van der Waals surface area contributed by atoms with Gasteiger partial charge in [0.05, 0.1) is 0 Å². The number of carboxylic acid groups (broad SMARTS) is 1. The molecule has 0 aromatic heterocycles. The second-order valence-corrected chi connectivity index (χ2v) is 4.70. The van der Waals surface area contributed by atoms with Gasteiger partial charge in [0.15, 0.2) is 0 Å². The van der Waals surface area contributed by atoms with E-state index in [0.717, 1.165) is 25.7 Å². The number of hydrogen-bond donors (Lipinski definition) is 1. The van der Waals surface area contributed by atoms with Crippen molar-refractivity contribution >= 4 is 11.9 Å². The molecule has 4 heteroatoms. The van der Waals surface area contributed by atoms with Crippen LogP contribution in [0.15, 0.2) is 0 Å². The van der Waals surface area contributed by atoms with Gasteiger partial charge < -0.3 is 9.84 Å². The van der Waals surface area contributed by atoms with Crippen molar-refractivity contribution in [2.45, 2.75) is 77.7 Å². The fourth-order valence-corrected chi connectivity index (χ4v) is 1.81. The minimum Gasteiger partial charge on any atom is -0.481 e. The fraction of sp³-hybridized carbons (Fsp3) is 0.857. The van der Waals surface area contributed by atoms with Gasteiger partial charge >= 0.3 is 11.9 Å². The first-order chi connectivity index (χ1) is 8.60. The van der Waals surface area contributed by atoms with Crippen LogP contribution in [-0.4, -0.2) is 23.1 Å². The fourth-order valence-electron chi connectivity index (χ4n) is 1.81. The molecule has 1 aliphatic rings. The largest absolute Gasteiger partial charge is 0.481 e. The summed E-state index contributed by atoms with van der Waals surface area (Å²) in [5, 5.41) is 8.40. The molecular weight excluding hydrogens is 232 g/mol. The zero-order chi connectivity index (χ0) is 13.8. The van der Waals surface area contributed by atoms with Gasteiger partial charge in [-0.15, -0.1) is 0 Å². The number of carbonyl (C=O) groups is 2. The Bertz CT molecular complexity index is 232. The molecule has 106 valence electrons. The van der Waals surface area contributed by atoms with Crippen LogP contribution in [0, 0.1) is 0 Å². The summed E-state index contributed by atoms with van der Waals surface area (Å²) in [6, 6.07) is 0. The molecule has 0 aromatic carbocycles. The van der Waals surface area contributed by atoms with E-state index in [1.807, 2.05) is 0 Å². The number of esters is 1. The highest BCUT2D eigenvalue weighted by Gasteiger charge is 2.17. The lowest BCUT2D eigenvalue weighted by Crippen LogP contribution is -2.20. The van der Waals surface area contributed by atoms with E-state index in [4.69, 9.17) is 9.84 Å². The number of hydrogen-bond acceptors (Lipinski definition) is 3. The van der Waals surface area contributed by atoms with E-state index in [0.29, 0.717) is 6.42 Å². The summed E-state index contributed by atoms with van der Waals surface area (Å²) in [7, 11) is 0. The smallest absolute Gasteiger partial charge is 0.306 e. The molecule has 0 saturated heterocycles. The molecule has 0 aliphatic heterocycles. The summed E-state index contributed by atoms with van der Waals surface area (Å²) >= 11 is 0. The molecular formula is C14H26O4. The molecule has 0 spiro atoms. The van der Waals surface area contributed by atoms with E-state index in [2.05, 4.69) is 13.8 Å². The van der Waals surface area contributed by atoms with Gasteiger partial charge in [0.1, 0.15) is 6.10 Å². The molecule has 0 aromatic rings. The highest BCUT2D eigenvalue weighted by molar-refractivity contribution is 5.71. The molecule has 1 rings (SSSR count). The van der Waals surface area contributed by atoms with Crippen LogP contribution in [0.25, 0.3) is 0 Å². The first-order valence-electron chi connectivity index (χ1n) is 7.01. The molecule has 1 N–H and O–H groups in total. The third-order valence-corrected chi connectivity index (χ3v) is 2.62. The Balaban J connectivity index is 0.000000873. The normalized spacial score (nSPS) is 15.4. The standard InChI is InChI=1S/C11H18O4.C3H8/c12-10(13)7-4-8-11(14)15-9-5-2-1-3-6-9;1-3-2/h9H,1-8H2,(H,12,13);3H2,1-2H3. The Labute approximate surface area is 110 Å². The van der Waals surface area contributed by atoms with Crippen molar-refractivity contribution in [1.82, 2.24) is 0 Å². The number of ether oxygens (including phenoxy) is 1. The lowest BCUT2D eigenvalue weighted by atomic mass is 9.98. The third-order valence-electron chi connectivity index (χ3n) is 2.62. The number of carbonyl (C=O) groups excluding carboxylic acids is 1. The van der Waals surface area contributed by atoms with Gasteiger partial charge in [-0.25, -0.2) is 0 Å². The second-order valence-electron chi connectivity index (χ2n) is 4.70. The summed E-state index contributed by atoms with van der Waals surface area (Å²) in [6.07, 6.45) is 7.39. The van der Waals surface area contributed by atoms with Crippen molar-refractivity contribution in [3.63, 3.8) is 0 Å². The molecule has 0 atom stereocenters. The van der Waals surface area contributed by atoms with E-state index in [9.17, 15) is 9.59 Å². The zero-order valence-electron chi connectivity index (χ0n) is 11.6. The van der Waals surface area contributed by atoms with E-state index < -0.39 is 5.97 Å². The lowest BCUT2D eigenvalue weighted by molar-refractivity contribution is -0.150. The maximum atomic E-state index is 11.3. The highest BCUT2D eigenvalue weighted by Crippen LogP contribution is 2.20.